The highest BCUT2D eigenvalue weighted by Crippen LogP contribution is 2.27. The number of hydrogen-bond acceptors (Lipinski definition) is 5. The number of phenols is 1. The van der Waals surface area contributed by atoms with Gasteiger partial charge in [-0.15, -0.1) is 0 Å². The molecule has 0 fully saturated rings. The van der Waals surface area contributed by atoms with Crippen LogP contribution in [0.2, 0.25) is 0 Å². The van der Waals surface area contributed by atoms with E-state index in [9.17, 15) is 25.3 Å². The van der Waals surface area contributed by atoms with Gasteiger partial charge in [0.15, 0.2) is 5.75 Å². The molecule has 1 amide bonds. The van der Waals surface area contributed by atoms with Crippen molar-refractivity contribution in [2.24, 2.45) is 0 Å². The number of carbonyl (C=O) groups excluding carboxylic acids is 1. The normalized spacial score (nSPS) is 10.8. The van der Waals surface area contributed by atoms with Crippen LogP contribution in [0.1, 0.15) is 16.7 Å². The summed E-state index contributed by atoms with van der Waals surface area (Å²) >= 11 is 0. The van der Waals surface area contributed by atoms with Crippen molar-refractivity contribution in [2.75, 3.05) is 5.32 Å². The van der Waals surface area contributed by atoms with Crippen LogP contribution in [0.4, 0.5) is 11.4 Å². The predicted molar refractivity (Wildman–Crippen MR) is 92.9 cm³/mol. The van der Waals surface area contributed by atoms with Gasteiger partial charge in [0.1, 0.15) is 11.6 Å². The molecule has 0 unspecified atom stereocenters. The van der Waals surface area contributed by atoms with Crippen molar-refractivity contribution in [1.29, 1.82) is 5.26 Å². The van der Waals surface area contributed by atoms with Gasteiger partial charge >= 0.3 is 5.69 Å². The monoisotopic (exact) mass is 337 g/mol. The molecule has 0 aliphatic heterocycles. The zero-order chi connectivity index (χ0) is 18.6. The highest BCUT2D eigenvalue weighted by atomic mass is 16.6. The van der Waals surface area contributed by atoms with E-state index >= 15 is 0 Å². The first-order valence-electron chi connectivity index (χ1n) is 7.30. The second kappa shape index (κ2) is 7.27. The van der Waals surface area contributed by atoms with E-state index in [1.165, 1.54) is 12.1 Å². The zero-order valence-corrected chi connectivity index (χ0v) is 13.6. The predicted octanol–water partition coefficient (Wildman–Crippen LogP) is 3.46. The summed E-state index contributed by atoms with van der Waals surface area (Å²) in [5.41, 5.74) is 2.02. The maximum Gasteiger partial charge on any atom is 0.311 e. The van der Waals surface area contributed by atoms with Gasteiger partial charge in [-0.3, -0.25) is 14.9 Å². The number of nitrogens with zero attached hydrogens (tertiary/aromatic N) is 2. The van der Waals surface area contributed by atoms with E-state index < -0.39 is 22.3 Å². The first-order valence-corrected chi connectivity index (χ1v) is 7.30. The molecule has 0 radical (unpaired) electrons. The van der Waals surface area contributed by atoms with E-state index in [0.717, 1.165) is 23.3 Å². The summed E-state index contributed by atoms with van der Waals surface area (Å²) in [6.07, 6.45) is 1.23. The molecule has 0 saturated heterocycles. The van der Waals surface area contributed by atoms with Crippen molar-refractivity contribution >= 4 is 23.4 Å². The minimum absolute atomic E-state index is 0.208. The summed E-state index contributed by atoms with van der Waals surface area (Å²) in [7, 11) is 0. The smallest absolute Gasteiger partial charge is 0.311 e. The molecule has 0 bridgehead atoms. The summed E-state index contributed by atoms with van der Waals surface area (Å²) in [5.74, 6) is -1.10. The molecule has 0 heterocycles. The lowest BCUT2D eigenvalue weighted by Crippen LogP contribution is -2.14. The van der Waals surface area contributed by atoms with E-state index in [0.29, 0.717) is 5.69 Å². The number of aryl methyl sites for hydroxylation is 1. The van der Waals surface area contributed by atoms with Gasteiger partial charge in [0.25, 0.3) is 5.91 Å². The largest absolute Gasteiger partial charge is 0.502 e. The number of nitriles is 1. The number of hydrogen-bond donors (Lipinski definition) is 2. The summed E-state index contributed by atoms with van der Waals surface area (Å²) < 4.78 is 0. The molecule has 25 heavy (non-hydrogen) atoms. The van der Waals surface area contributed by atoms with Gasteiger partial charge in [-0.2, -0.15) is 5.26 Å². The van der Waals surface area contributed by atoms with Gasteiger partial charge < -0.3 is 10.4 Å². The van der Waals surface area contributed by atoms with E-state index in [2.05, 4.69) is 5.32 Å². The minimum Gasteiger partial charge on any atom is -0.502 e. The lowest BCUT2D eigenvalue weighted by Gasteiger charge is -2.09. The Morgan fingerprint density at radius 2 is 2.04 bits per heavy atom. The second-order valence-electron chi connectivity index (χ2n) is 5.38. The second-order valence-corrected chi connectivity index (χ2v) is 5.38. The molecule has 2 aromatic rings. The Morgan fingerprint density at radius 3 is 2.68 bits per heavy atom. The highest BCUT2D eigenvalue weighted by Gasteiger charge is 2.15. The molecule has 7 nitrogen and oxygen atoms in total. The van der Waals surface area contributed by atoms with Crippen LogP contribution in [0.25, 0.3) is 6.08 Å². The van der Waals surface area contributed by atoms with Crippen LogP contribution in [0, 0.1) is 35.3 Å². The topological polar surface area (TPSA) is 116 Å². The summed E-state index contributed by atoms with van der Waals surface area (Å²) in [6.45, 7) is 3.76. The van der Waals surface area contributed by atoms with Gasteiger partial charge in [-0.05, 0) is 48.7 Å². The molecule has 7 heteroatoms. The van der Waals surface area contributed by atoms with Crippen LogP contribution in [-0.2, 0) is 4.79 Å². The Labute approximate surface area is 144 Å². The van der Waals surface area contributed by atoms with Gasteiger partial charge in [0, 0.05) is 11.8 Å². The van der Waals surface area contributed by atoms with E-state index in [1.54, 1.807) is 18.2 Å². The quantitative estimate of drug-likeness (QED) is 0.383. The number of anilines is 1. The van der Waals surface area contributed by atoms with Crippen LogP contribution >= 0.6 is 0 Å². The van der Waals surface area contributed by atoms with Crippen LogP contribution in [0.15, 0.2) is 42.0 Å². The first-order chi connectivity index (χ1) is 11.8. The van der Waals surface area contributed by atoms with Crippen molar-refractivity contribution in [3.8, 4) is 11.8 Å². The van der Waals surface area contributed by atoms with Crippen molar-refractivity contribution < 1.29 is 14.8 Å². The van der Waals surface area contributed by atoms with Crippen molar-refractivity contribution in [3.05, 3.63) is 68.8 Å². The number of benzene rings is 2. The van der Waals surface area contributed by atoms with Gasteiger partial charge in [-0.25, -0.2) is 0 Å². The highest BCUT2D eigenvalue weighted by molar-refractivity contribution is 6.10. The molecule has 0 saturated carbocycles. The van der Waals surface area contributed by atoms with E-state index in [-0.39, 0.29) is 11.1 Å². The Hall–Kier alpha value is -3.66. The average Bonchev–Trinajstić information content (AvgIpc) is 2.57. The third-order valence-corrected chi connectivity index (χ3v) is 3.73. The molecule has 0 aliphatic carbocycles. The molecular weight excluding hydrogens is 322 g/mol. The average molecular weight is 337 g/mol. The fraction of sp³-hybridized carbons (Fsp3) is 0.111. The molecular formula is C18H15N3O4. The number of aromatic hydroxyl groups is 1. The summed E-state index contributed by atoms with van der Waals surface area (Å²) in [4.78, 5) is 22.4. The lowest BCUT2D eigenvalue weighted by molar-refractivity contribution is -0.385. The fourth-order valence-electron chi connectivity index (χ4n) is 2.17. The van der Waals surface area contributed by atoms with Crippen LogP contribution < -0.4 is 5.32 Å². The standard InChI is InChI=1S/C18H15N3O4/c1-11-4-3-5-15(12(11)2)20-18(23)14(10-19)8-13-6-7-17(22)16(9-13)21(24)25/h3-9,22H,1-2H3,(H,20,23)/b14-8-. The Balaban J connectivity index is 2.33. The number of phenolic OH excluding ortho intramolecular Hbond substituents is 1. The molecule has 0 atom stereocenters. The third kappa shape index (κ3) is 4.00. The maximum absolute atomic E-state index is 12.3. The molecule has 2 aromatic carbocycles. The Kier molecular flexibility index (Phi) is 5.15. The number of carbonyl (C=O) groups is 1. The molecule has 0 aromatic heterocycles. The van der Waals surface area contributed by atoms with E-state index in [4.69, 9.17) is 0 Å². The van der Waals surface area contributed by atoms with Gasteiger partial charge in [0.05, 0.1) is 4.92 Å². The molecule has 0 aliphatic rings. The summed E-state index contributed by atoms with van der Waals surface area (Å²) in [5, 5.41) is 32.2. The van der Waals surface area contributed by atoms with E-state index in [1.807, 2.05) is 19.9 Å². The van der Waals surface area contributed by atoms with Gasteiger partial charge in [0.2, 0.25) is 0 Å². The number of nitro benzene ring substituents is 1. The zero-order valence-electron chi connectivity index (χ0n) is 13.6. The lowest BCUT2D eigenvalue weighted by atomic mass is 10.1. The Bertz CT molecular complexity index is 926. The van der Waals surface area contributed by atoms with Gasteiger partial charge in [-0.1, -0.05) is 18.2 Å². The van der Waals surface area contributed by atoms with Crippen LogP contribution in [-0.4, -0.2) is 15.9 Å². The van der Waals surface area contributed by atoms with Crippen LogP contribution in [0.5, 0.6) is 5.75 Å². The number of amides is 1. The summed E-state index contributed by atoms with van der Waals surface area (Å²) in [6, 6.07) is 10.8. The minimum atomic E-state index is -0.741. The Morgan fingerprint density at radius 1 is 1.32 bits per heavy atom. The molecule has 2 N–H and O–H groups in total. The first kappa shape index (κ1) is 17.7. The molecule has 126 valence electrons. The number of nitro groups is 1. The fourth-order valence-corrected chi connectivity index (χ4v) is 2.17. The number of nitrogens with one attached hydrogen (secondary N) is 1. The maximum atomic E-state index is 12.3. The van der Waals surface area contributed by atoms with Crippen molar-refractivity contribution in [2.45, 2.75) is 13.8 Å². The van der Waals surface area contributed by atoms with Crippen molar-refractivity contribution in [3.63, 3.8) is 0 Å². The van der Waals surface area contributed by atoms with Crippen molar-refractivity contribution in [1.82, 2.24) is 0 Å². The van der Waals surface area contributed by atoms with Crippen LogP contribution in [0.3, 0.4) is 0 Å². The SMILES string of the molecule is Cc1cccc(NC(=O)/C(C#N)=C\c2ccc(O)c([N+](=O)[O-])c2)c1C. The molecule has 2 rings (SSSR count). The third-order valence-electron chi connectivity index (χ3n) is 3.73. The molecule has 0 spiro atoms. The number of rotatable bonds is 4.